The van der Waals surface area contributed by atoms with Gasteiger partial charge < -0.3 is 29.8 Å². The number of rotatable bonds is 8. The lowest BCUT2D eigenvalue weighted by Crippen LogP contribution is -2.20. The summed E-state index contributed by atoms with van der Waals surface area (Å²) in [6.45, 7) is 0.578. The van der Waals surface area contributed by atoms with Gasteiger partial charge in [-0.1, -0.05) is 12.1 Å². The van der Waals surface area contributed by atoms with Gasteiger partial charge in [0, 0.05) is 54.8 Å². The number of pyridine rings is 1. The molecule has 0 aliphatic carbocycles. The number of aromatic nitrogens is 4. The largest absolute Gasteiger partial charge is 0.495 e. The van der Waals surface area contributed by atoms with Gasteiger partial charge in [-0.05, 0) is 51.8 Å². The van der Waals surface area contributed by atoms with Crippen LogP contribution in [0.3, 0.4) is 0 Å². The van der Waals surface area contributed by atoms with E-state index in [1.54, 1.807) is 37.8 Å². The third kappa shape index (κ3) is 5.52. The maximum absolute atomic E-state index is 12.8. The minimum atomic E-state index is -0.421. The van der Waals surface area contributed by atoms with E-state index in [9.17, 15) is 4.79 Å². The zero-order valence-corrected chi connectivity index (χ0v) is 22.2. The van der Waals surface area contributed by atoms with E-state index >= 15 is 0 Å². The lowest BCUT2D eigenvalue weighted by atomic mass is 10.1. The van der Waals surface area contributed by atoms with E-state index in [0.29, 0.717) is 39.7 Å². The Hall–Kier alpha value is -4.64. The van der Waals surface area contributed by atoms with Gasteiger partial charge in [0.1, 0.15) is 11.5 Å². The molecule has 11 heteroatoms. The molecule has 0 atom stereocenters. The maximum atomic E-state index is 12.8. The van der Waals surface area contributed by atoms with Crippen LogP contribution in [0.5, 0.6) is 11.5 Å². The molecule has 0 bridgehead atoms. The highest BCUT2D eigenvalue weighted by atomic mass is 79.9. The van der Waals surface area contributed by atoms with E-state index in [2.05, 4.69) is 41.8 Å². The lowest BCUT2D eigenvalue weighted by Gasteiger charge is -2.14. The van der Waals surface area contributed by atoms with Gasteiger partial charge >= 0.3 is 6.03 Å². The number of carbonyl (C=O) groups is 1. The molecule has 38 heavy (non-hydrogen) atoms. The number of nitrogens with one attached hydrogen (secondary N) is 3. The van der Waals surface area contributed by atoms with Crippen molar-refractivity contribution in [2.45, 2.75) is 6.54 Å². The fraction of sp³-hybridized carbons (Fsp3) is 0.111. The van der Waals surface area contributed by atoms with Crippen LogP contribution >= 0.6 is 15.9 Å². The van der Waals surface area contributed by atoms with Gasteiger partial charge in [-0.2, -0.15) is 0 Å². The number of anilines is 3. The molecule has 0 radical (unpaired) electrons. The number of benzene rings is 2. The van der Waals surface area contributed by atoms with Crippen LogP contribution in [-0.2, 0) is 6.54 Å². The first kappa shape index (κ1) is 25.0. The number of nitrogens with zero attached hydrogens (tertiary/aromatic N) is 4. The average molecular weight is 574 g/mol. The Bertz CT molecular complexity index is 1590. The first-order valence-corrected chi connectivity index (χ1v) is 12.4. The molecule has 3 aromatic heterocycles. The van der Waals surface area contributed by atoms with Crippen molar-refractivity contribution in [2.24, 2.45) is 0 Å². The molecule has 5 rings (SSSR count). The maximum Gasteiger partial charge on any atom is 0.323 e. The molecule has 0 fully saturated rings. The van der Waals surface area contributed by atoms with Gasteiger partial charge in [-0.3, -0.25) is 4.98 Å². The van der Waals surface area contributed by atoms with Crippen molar-refractivity contribution in [1.29, 1.82) is 0 Å². The van der Waals surface area contributed by atoms with Crippen molar-refractivity contribution in [1.82, 2.24) is 19.4 Å². The molecule has 3 N–H and O–H groups in total. The highest BCUT2D eigenvalue weighted by Crippen LogP contribution is 2.36. The van der Waals surface area contributed by atoms with Gasteiger partial charge in [0.25, 0.3) is 0 Å². The van der Waals surface area contributed by atoms with E-state index in [-0.39, 0.29) is 0 Å². The number of ether oxygens (including phenoxy) is 2. The predicted octanol–water partition coefficient (Wildman–Crippen LogP) is 5.83. The SMILES string of the molecule is COc1cc(OC)c(NC(=O)Nc2cccc(-c3cn4ccnc4c(NCc4ccncc4)n3)c2)cc1Br. The summed E-state index contributed by atoms with van der Waals surface area (Å²) >= 11 is 3.43. The van der Waals surface area contributed by atoms with Crippen molar-refractivity contribution in [3.8, 4) is 22.8 Å². The molecule has 0 aliphatic rings. The highest BCUT2D eigenvalue weighted by Gasteiger charge is 2.14. The Morgan fingerprint density at radius 3 is 2.61 bits per heavy atom. The van der Waals surface area contributed by atoms with E-state index in [0.717, 1.165) is 22.5 Å². The normalized spacial score (nSPS) is 10.7. The predicted molar refractivity (Wildman–Crippen MR) is 150 cm³/mol. The number of halogens is 1. The number of urea groups is 1. The zero-order valence-electron chi connectivity index (χ0n) is 20.6. The summed E-state index contributed by atoms with van der Waals surface area (Å²) < 4.78 is 13.3. The second kappa shape index (κ2) is 11.2. The monoisotopic (exact) mass is 573 g/mol. The first-order valence-electron chi connectivity index (χ1n) is 11.6. The van der Waals surface area contributed by atoms with Crippen LogP contribution in [0, 0.1) is 0 Å². The number of methoxy groups -OCH3 is 2. The Balaban J connectivity index is 1.36. The Morgan fingerprint density at radius 2 is 1.82 bits per heavy atom. The number of fused-ring (bicyclic) bond motifs is 1. The highest BCUT2D eigenvalue weighted by molar-refractivity contribution is 9.10. The van der Waals surface area contributed by atoms with Crippen molar-refractivity contribution >= 4 is 44.8 Å². The molecule has 0 saturated carbocycles. The summed E-state index contributed by atoms with van der Waals surface area (Å²) in [7, 11) is 3.09. The third-order valence-corrected chi connectivity index (χ3v) is 6.34. The summed E-state index contributed by atoms with van der Waals surface area (Å²) in [6, 6.07) is 14.3. The molecule has 5 aromatic rings. The molecular formula is C27H24BrN7O3. The van der Waals surface area contributed by atoms with Gasteiger partial charge in [0.15, 0.2) is 11.5 Å². The van der Waals surface area contributed by atoms with Gasteiger partial charge in [0.05, 0.1) is 30.1 Å². The van der Waals surface area contributed by atoms with Crippen molar-refractivity contribution < 1.29 is 14.3 Å². The molecule has 192 valence electrons. The molecule has 0 saturated heterocycles. The van der Waals surface area contributed by atoms with E-state index in [1.165, 1.54) is 7.11 Å². The van der Waals surface area contributed by atoms with Crippen molar-refractivity contribution in [2.75, 3.05) is 30.2 Å². The van der Waals surface area contributed by atoms with Crippen LogP contribution in [-0.4, -0.2) is 39.6 Å². The Labute approximate surface area is 227 Å². The Kier molecular flexibility index (Phi) is 7.36. The number of hydrogen-bond donors (Lipinski definition) is 3. The topological polar surface area (TPSA) is 115 Å². The molecule has 2 aromatic carbocycles. The van der Waals surface area contributed by atoms with Crippen LogP contribution in [0.2, 0.25) is 0 Å². The first-order chi connectivity index (χ1) is 18.5. The molecule has 0 unspecified atom stereocenters. The quantitative estimate of drug-likeness (QED) is 0.214. The Morgan fingerprint density at radius 1 is 1.00 bits per heavy atom. The molecular weight excluding hydrogens is 550 g/mol. The number of imidazole rings is 1. The zero-order chi connectivity index (χ0) is 26.5. The summed E-state index contributed by atoms with van der Waals surface area (Å²) in [4.78, 5) is 26.1. The summed E-state index contributed by atoms with van der Waals surface area (Å²) in [5, 5.41) is 9.06. The minimum absolute atomic E-state index is 0.421. The fourth-order valence-corrected chi connectivity index (χ4v) is 4.38. The van der Waals surface area contributed by atoms with Crippen LogP contribution in [0.25, 0.3) is 16.9 Å². The molecule has 3 heterocycles. The summed E-state index contributed by atoms with van der Waals surface area (Å²) in [5.41, 5.74) is 4.44. The smallest absolute Gasteiger partial charge is 0.323 e. The van der Waals surface area contributed by atoms with Gasteiger partial charge in [-0.15, -0.1) is 0 Å². The van der Waals surface area contributed by atoms with Gasteiger partial charge in [-0.25, -0.2) is 14.8 Å². The molecule has 0 aliphatic heterocycles. The second-order valence-corrected chi connectivity index (χ2v) is 9.04. The summed E-state index contributed by atoms with van der Waals surface area (Å²) in [5.74, 6) is 1.72. The molecule has 2 amide bonds. The van der Waals surface area contributed by atoms with E-state index < -0.39 is 6.03 Å². The van der Waals surface area contributed by atoms with Crippen molar-refractivity contribution in [3.63, 3.8) is 0 Å². The number of carbonyl (C=O) groups excluding carboxylic acids is 1. The van der Waals surface area contributed by atoms with Gasteiger partial charge in [0.2, 0.25) is 0 Å². The minimum Gasteiger partial charge on any atom is -0.495 e. The van der Waals surface area contributed by atoms with E-state index in [4.69, 9.17) is 14.5 Å². The van der Waals surface area contributed by atoms with Crippen LogP contribution in [0.15, 0.2) is 84.0 Å². The molecule has 0 spiro atoms. The van der Waals surface area contributed by atoms with E-state index in [1.807, 2.05) is 53.2 Å². The second-order valence-electron chi connectivity index (χ2n) is 8.19. The van der Waals surface area contributed by atoms with Crippen LogP contribution in [0.1, 0.15) is 5.56 Å². The number of amides is 2. The standard InChI is InChI=1S/C27H24BrN7O3/c1-37-23-14-24(38-2)21(13-20(23)28)34-27(36)32-19-5-3-4-18(12-19)22-16-35-11-10-30-26(35)25(33-22)31-15-17-6-8-29-9-7-17/h3-14,16H,15H2,1-2H3,(H,31,33)(H2,32,34,36). The van der Waals surface area contributed by atoms with Crippen LogP contribution < -0.4 is 25.4 Å². The van der Waals surface area contributed by atoms with Crippen LogP contribution in [0.4, 0.5) is 22.0 Å². The average Bonchev–Trinajstić information content (AvgIpc) is 3.41. The molecule has 10 nitrogen and oxygen atoms in total. The fourth-order valence-electron chi connectivity index (χ4n) is 3.87. The van der Waals surface area contributed by atoms with Crippen molar-refractivity contribution in [3.05, 3.63) is 89.6 Å². The summed E-state index contributed by atoms with van der Waals surface area (Å²) in [6.07, 6.45) is 9.01. The third-order valence-electron chi connectivity index (χ3n) is 5.72. The number of hydrogen-bond acceptors (Lipinski definition) is 7. The lowest BCUT2D eigenvalue weighted by molar-refractivity contribution is 0.262.